The Morgan fingerprint density at radius 2 is 1.94 bits per heavy atom. The highest BCUT2D eigenvalue weighted by Crippen LogP contribution is 2.30. The molecule has 1 unspecified atom stereocenters. The summed E-state index contributed by atoms with van der Waals surface area (Å²) in [7, 11) is 0. The zero-order chi connectivity index (χ0) is 12.3. The maximum atomic E-state index is 12.8. The van der Waals surface area contributed by atoms with E-state index in [0.717, 1.165) is 6.07 Å². The molecule has 1 rings (SSSR count). The second kappa shape index (κ2) is 4.93. The van der Waals surface area contributed by atoms with Crippen molar-refractivity contribution in [2.45, 2.75) is 11.7 Å². The second-order valence-corrected chi connectivity index (χ2v) is 3.59. The third-order valence-electron chi connectivity index (χ3n) is 1.59. The summed E-state index contributed by atoms with van der Waals surface area (Å²) in [6.45, 7) is 0. The van der Waals surface area contributed by atoms with E-state index in [2.05, 4.69) is 16.3 Å². The molecule has 0 N–H and O–H groups in total. The number of rotatable bonds is 4. The highest BCUT2D eigenvalue weighted by Gasteiger charge is 2.40. The van der Waals surface area contributed by atoms with E-state index in [1.165, 1.54) is 18.2 Å². The maximum Gasteiger partial charge on any atom is 0.387 e. The summed E-state index contributed by atoms with van der Waals surface area (Å²) < 4.78 is 41.6. The van der Waals surface area contributed by atoms with Crippen molar-refractivity contribution in [2.75, 3.05) is 0 Å². The first-order chi connectivity index (χ1) is 7.32. The molecule has 0 amide bonds. The number of halogens is 5. The second-order valence-electron chi connectivity index (χ2n) is 2.75. The van der Waals surface area contributed by atoms with E-state index >= 15 is 0 Å². The summed E-state index contributed by atoms with van der Waals surface area (Å²) in [5.41, 5.74) is -0.215. The smallest absolute Gasteiger partial charge is 0.387 e. The summed E-state index contributed by atoms with van der Waals surface area (Å²) in [6, 6.07) is 5.14. The molecule has 1 atom stereocenters. The first-order valence-electron chi connectivity index (χ1n) is 3.98. The largest absolute Gasteiger partial charge is 0.452 e. The predicted molar refractivity (Wildman–Crippen MR) is 52.9 cm³/mol. The number of para-hydroxylation sites is 1. The summed E-state index contributed by atoms with van der Waals surface area (Å²) in [5, 5.41) is -5.12. The van der Waals surface area contributed by atoms with Crippen LogP contribution in [0.4, 0.5) is 13.2 Å². The lowest BCUT2D eigenvalue weighted by molar-refractivity contribution is -0.0973. The highest BCUT2D eigenvalue weighted by molar-refractivity contribution is 6.68. The van der Waals surface area contributed by atoms with Crippen LogP contribution < -0.4 is 4.74 Å². The van der Waals surface area contributed by atoms with Crippen molar-refractivity contribution in [2.24, 2.45) is 0 Å². The van der Waals surface area contributed by atoms with E-state index in [-0.39, 0.29) is 5.56 Å². The van der Waals surface area contributed by atoms with Crippen LogP contribution in [-0.2, 0) is 0 Å². The van der Waals surface area contributed by atoms with Crippen molar-refractivity contribution in [1.82, 2.24) is 0 Å². The van der Waals surface area contributed by atoms with Crippen molar-refractivity contribution in [3.8, 4) is 5.75 Å². The molecule has 0 aliphatic heterocycles. The quantitative estimate of drug-likeness (QED) is 0.619. The predicted octanol–water partition coefficient (Wildman–Crippen LogP) is 3.57. The molecule has 0 bridgehead atoms. The van der Waals surface area contributed by atoms with Gasteiger partial charge in [-0.1, -0.05) is 12.1 Å². The number of carbonyl (C=O) groups is 1. The fourth-order valence-electron chi connectivity index (χ4n) is 0.910. The number of hydrogen-bond acceptors (Lipinski definition) is 2. The Bertz CT molecular complexity index is 393. The number of benzene rings is 1. The van der Waals surface area contributed by atoms with Crippen LogP contribution in [-0.4, -0.2) is 17.0 Å². The van der Waals surface area contributed by atoms with Crippen LogP contribution in [0.1, 0.15) is 10.4 Å². The maximum absolute atomic E-state index is 12.8. The zero-order valence-electron chi connectivity index (χ0n) is 7.59. The van der Waals surface area contributed by atoms with Crippen molar-refractivity contribution in [1.29, 1.82) is 0 Å². The number of ether oxygens (including phenoxy) is 1. The average molecular weight is 273 g/mol. The van der Waals surface area contributed by atoms with Gasteiger partial charge in [0.2, 0.25) is 0 Å². The first kappa shape index (κ1) is 13.1. The van der Waals surface area contributed by atoms with E-state index in [9.17, 15) is 18.0 Å². The van der Waals surface area contributed by atoms with Gasteiger partial charge in [-0.2, -0.15) is 13.2 Å². The average Bonchev–Trinajstić information content (AvgIpc) is 2.16. The Kier molecular flexibility index (Phi) is 4.04. The van der Waals surface area contributed by atoms with Crippen molar-refractivity contribution >= 4 is 28.4 Å². The molecular formula is C9H5Cl2F3O2. The van der Waals surface area contributed by atoms with Crippen LogP contribution in [0.2, 0.25) is 0 Å². The molecule has 0 aliphatic carbocycles. The minimum atomic E-state index is -4.18. The molecule has 0 spiro atoms. The Hall–Kier alpha value is -0.940. The molecule has 0 heterocycles. The van der Waals surface area contributed by atoms with E-state index in [1.807, 2.05) is 0 Å². The topological polar surface area (TPSA) is 26.3 Å². The van der Waals surface area contributed by atoms with E-state index < -0.39 is 22.7 Å². The van der Waals surface area contributed by atoms with Crippen LogP contribution in [0.25, 0.3) is 0 Å². The van der Waals surface area contributed by atoms with Gasteiger partial charge in [0, 0.05) is 0 Å². The minimum Gasteiger partial charge on any atom is -0.452 e. The van der Waals surface area contributed by atoms with Gasteiger partial charge in [0.05, 0.1) is 5.56 Å². The zero-order valence-corrected chi connectivity index (χ0v) is 9.10. The van der Waals surface area contributed by atoms with Gasteiger partial charge in [0.15, 0.2) is 0 Å². The summed E-state index contributed by atoms with van der Waals surface area (Å²) in [5.74, 6) is -0.393. The monoisotopic (exact) mass is 272 g/mol. The molecule has 0 aromatic heterocycles. The van der Waals surface area contributed by atoms with Crippen LogP contribution >= 0.6 is 23.2 Å². The molecule has 2 nitrogen and oxygen atoms in total. The first-order valence-corrected chi connectivity index (χ1v) is 4.74. The Morgan fingerprint density at radius 1 is 1.38 bits per heavy atom. The van der Waals surface area contributed by atoms with Crippen LogP contribution in [0.15, 0.2) is 24.3 Å². The molecule has 0 fully saturated rings. The molecule has 88 valence electrons. The molecule has 1 aromatic carbocycles. The fraction of sp³-hybridized carbons (Fsp3) is 0.222. The summed E-state index contributed by atoms with van der Waals surface area (Å²) in [6.07, 6.45) is -3.06. The molecule has 1 aromatic rings. The van der Waals surface area contributed by atoms with Gasteiger partial charge in [-0.25, -0.2) is 0 Å². The molecule has 0 radical (unpaired) electrons. The normalized spacial score (nSPS) is 13.3. The van der Waals surface area contributed by atoms with Gasteiger partial charge in [0.1, 0.15) is 5.75 Å². The van der Waals surface area contributed by atoms with Crippen molar-refractivity contribution in [3.63, 3.8) is 0 Å². The van der Waals surface area contributed by atoms with Gasteiger partial charge in [-0.05, 0) is 35.3 Å². The lowest BCUT2D eigenvalue weighted by atomic mass is 10.2. The lowest BCUT2D eigenvalue weighted by Gasteiger charge is -2.16. The Labute approximate surface area is 98.9 Å². The van der Waals surface area contributed by atoms with Gasteiger partial charge >= 0.3 is 11.7 Å². The third kappa shape index (κ3) is 3.28. The number of carbonyl (C=O) groups excluding carboxylic acids is 1. The van der Waals surface area contributed by atoms with Gasteiger partial charge in [-0.3, -0.25) is 4.79 Å². The van der Waals surface area contributed by atoms with Crippen LogP contribution in [0.5, 0.6) is 5.75 Å². The van der Waals surface area contributed by atoms with Crippen molar-refractivity contribution < 1.29 is 22.7 Å². The van der Waals surface area contributed by atoms with Gasteiger partial charge in [-0.15, -0.1) is 0 Å². The van der Waals surface area contributed by atoms with Crippen molar-refractivity contribution in [3.05, 3.63) is 29.8 Å². The van der Waals surface area contributed by atoms with Crippen LogP contribution in [0, 0.1) is 0 Å². The van der Waals surface area contributed by atoms with E-state index in [4.69, 9.17) is 11.6 Å². The molecule has 0 saturated heterocycles. The fourth-order valence-corrected chi connectivity index (χ4v) is 1.11. The Balaban J connectivity index is 2.93. The number of alkyl halides is 4. The molecule has 0 saturated carbocycles. The third-order valence-corrected chi connectivity index (χ3v) is 1.96. The summed E-state index contributed by atoms with van der Waals surface area (Å²) >= 11 is 9.56. The Morgan fingerprint density at radius 3 is 2.44 bits per heavy atom. The lowest BCUT2D eigenvalue weighted by Crippen LogP contribution is -2.29. The molecule has 16 heavy (non-hydrogen) atoms. The molecule has 7 heteroatoms. The standard InChI is InChI=1S/C9H5Cl2F3O2/c10-7(15)5-3-1-2-4-6(5)16-8(12)9(11,13)14/h1-4,8H. The van der Waals surface area contributed by atoms with E-state index in [0.29, 0.717) is 0 Å². The van der Waals surface area contributed by atoms with E-state index in [1.54, 1.807) is 0 Å². The SMILES string of the molecule is O=C(Cl)c1ccccc1OC(F)C(F)(F)Cl. The number of hydrogen-bond donors (Lipinski definition) is 0. The minimum absolute atomic E-state index is 0.215. The molecule has 0 aliphatic rings. The summed E-state index contributed by atoms with van der Waals surface area (Å²) in [4.78, 5) is 10.8. The highest BCUT2D eigenvalue weighted by atomic mass is 35.5. The van der Waals surface area contributed by atoms with Gasteiger partial charge < -0.3 is 4.74 Å². The van der Waals surface area contributed by atoms with Gasteiger partial charge in [0.25, 0.3) is 5.24 Å². The molecular weight excluding hydrogens is 268 g/mol. The van der Waals surface area contributed by atoms with Crippen LogP contribution in [0.3, 0.4) is 0 Å².